The van der Waals surface area contributed by atoms with E-state index in [0.29, 0.717) is 11.5 Å². The topological polar surface area (TPSA) is 50.8 Å². The monoisotopic (exact) mass is 326 g/mol. The Balaban J connectivity index is 1.76. The molecule has 0 bridgehead atoms. The highest BCUT2D eigenvalue weighted by Crippen LogP contribution is 2.29. The third-order valence-corrected chi connectivity index (χ3v) is 4.90. The summed E-state index contributed by atoms with van der Waals surface area (Å²) in [5.41, 5.74) is -0.0614. The molecule has 0 aliphatic carbocycles. The first-order valence-electron chi connectivity index (χ1n) is 9.07. The average molecular weight is 326 g/mol. The standard InChI is InChI=1S/C18H34N2O3/c1-17(2,3)23-16(21)20-10-5-6-15(7-11-20)19-14-18(4)8-12-22-13-9-18/h15,19H,5-14H2,1-4H3. The Morgan fingerprint density at radius 3 is 2.61 bits per heavy atom. The molecule has 0 spiro atoms. The lowest BCUT2D eigenvalue weighted by atomic mass is 9.82. The molecule has 2 fully saturated rings. The maximum absolute atomic E-state index is 12.2. The minimum Gasteiger partial charge on any atom is -0.444 e. The number of nitrogens with zero attached hydrogens (tertiary/aromatic N) is 1. The van der Waals surface area contributed by atoms with Crippen molar-refractivity contribution in [2.45, 2.75) is 71.4 Å². The molecule has 0 aromatic heterocycles. The predicted molar refractivity (Wildman–Crippen MR) is 91.6 cm³/mol. The summed E-state index contributed by atoms with van der Waals surface area (Å²) >= 11 is 0. The molecular formula is C18H34N2O3. The quantitative estimate of drug-likeness (QED) is 0.865. The first-order valence-corrected chi connectivity index (χ1v) is 9.07. The molecule has 5 nitrogen and oxygen atoms in total. The fourth-order valence-electron chi connectivity index (χ4n) is 3.24. The van der Waals surface area contributed by atoms with Gasteiger partial charge in [0.2, 0.25) is 0 Å². The van der Waals surface area contributed by atoms with E-state index in [4.69, 9.17) is 9.47 Å². The van der Waals surface area contributed by atoms with E-state index in [-0.39, 0.29) is 6.09 Å². The van der Waals surface area contributed by atoms with Gasteiger partial charge in [0.05, 0.1) is 0 Å². The summed E-state index contributed by atoms with van der Waals surface area (Å²) in [7, 11) is 0. The van der Waals surface area contributed by atoms with Gasteiger partial charge in [0, 0.05) is 38.9 Å². The number of likely N-dealkylation sites (tertiary alicyclic amines) is 1. The number of nitrogens with one attached hydrogen (secondary N) is 1. The van der Waals surface area contributed by atoms with Crippen molar-refractivity contribution in [3.8, 4) is 0 Å². The molecule has 0 aromatic carbocycles. The molecule has 1 atom stereocenters. The molecule has 0 aromatic rings. The molecule has 1 unspecified atom stereocenters. The average Bonchev–Trinajstić information content (AvgIpc) is 2.70. The highest BCUT2D eigenvalue weighted by Gasteiger charge is 2.29. The number of rotatable bonds is 3. The van der Waals surface area contributed by atoms with Crippen molar-refractivity contribution in [1.82, 2.24) is 10.2 Å². The number of carbonyl (C=O) groups is 1. The fourth-order valence-corrected chi connectivity index (χ4v) is 3.24. The molecule has 134 valence electrons. The van der Waals surface area contributed by atoms with E-state index in [0.717, 1.165) is 65.0 Å². The van der Waals surface area contributed by atoms with Gasteiger partial charge >= 0.3 is 6.09 Å². The van der Waals surface area contributed by atoms with Crippen LogP contribution in [0.2, 0.25) is 0 Å². The van der Waals surface area contributed by atoms with Crippen LogP contribution in [0, 0.1) is 5.41 Å². The summed E-state index contributed by atoms with van der Waals surface area (Å²) in [6, 6.07) is 0.502. The van der Waals surface area contributed by atoms with Gasteiger partial charge in [0.1, 0.15) is 5.60 Å². The van der Waals surface area contributed by atoms with Crippen LogP contribution in [0.5, 0.6) is 0 Å². The van der Waals surface area contributed by atoms with Gasteiger partial charge < -0.3 is 19.7 Å². The van der Waals surface area contributed by atoms with Gasteiger partial charge in [-0.15, -0.1) is 0 Å². The van der Waals surface area contributed by atoms with Crippen LogP contribution in [0.25, 0.3) is 0 Å². The van der Waals surface area contributed by atoms with Crippen LogP contribution < -0.4 is 5.32 Å². The molecule has 2 rings (SSSR count). The molecule has 1 amide bonds. The highest BCUT2D eigenvalue weighted by molar-refractivity contribution is 5.68. The van der Waals surface area contributed by atoms with E-state index >= 15 is 0 Å². The van der Waals surface area contributed by atoms with E-state index in [9.17, 15) is 4.79 Å². The zero-order valence-corrected chi connectivity index (χ0v) is 15.3. The van der Waals surface area contributed by atoms with Crippen LogP contribution in [-0.2, 0) is 9.47 Å². The second-order valence-electron chi connectivity index (χ2n) is 8.40. The number of carbonyl (C=O) groups excluding carboxylic acids is 1. The Hall–Kier alpha value is -0.810. The zero-order chi connectivity index (χ0) is 16.9. The molecule has 0 saturated carbocycles. The Labute approximate surface area is 141 Å². The van der Waals surface area contributed by atoms with Gasteiger partial charge in [-0.1, -0.05) is 6.92 Å². The van der Waals surface area contributed by atoms with E-state index in [1.165, 1.54) is 0 Å². The molecular weight excluding hydrogens is 292 g/mol. The number of ether oxygens (including phenoxy) is 2. The number of hydrogen-bond acceptors (Lipinski definition) is 4. The molecule has 2 heterocycles. The Morgan fingerprint density at radius 2 is 1.96 bits per heavy atom. The summed E-state index contributed by atoms with van der Waals surface area (Å²) in [4.78, 5) is 14.1. The normalized spacial score (nSPS) is 25.7. The molecule has 0 radical (unpaired) electrons. The van der Waals surface area contributed by atoms with Crippen molar-refractivity contribution in [3.05, 3.63) is 0 Å². The summed E-state index contributed by atoms with van der Waals surface area (Å²) in [6.07, 6.45) is 5.27. The molecule has 2 saturated heterocycles. The third-order valence-electron chi connectivity index (χ3n) is 4.90. The number of hydrogen-bond donors (Lipinski definition) is 1. The second-order valence-corrected chi connectivity index (χ2v) is 8.40. The van der Waals surface area contributed by atoms with Crippen LogP contribution in [0.1, 0.15) is 59.8 Å². The Morgan fingerprint density at radius 1 is 1.26 bits per heavy atom. The van der Waals surface area contributed by atoms with Gasteiger partial charge in [0.15, 0.2) is 0 Å². The molecule has 5 heteroatoms. The van der Waals surface area contributed by atoms with Gasteiger partial charge in [-0.3, -0.25) is 0 Å². The van der Waals surface area contributed by atoms with Gasteiger partial charge in [-0.2, -0.15) is 0 Å². The fraction of sp³-hybridized carbons (Fsp3) is 0.944. The minimum absolute atomic E-state index is 0.172. The lowest BCUT2D eigenvalue weighted by Crippen LogP contribution is -2.42. The molecule has 1 N–H and O–H groups in total. The smallest absolute Gasteiger partial charge is 0.410 e. The molecule has 23 heavy (non-hydrogen) atoms. The molecule has 2 aliphatic heterocycles. The molecule has 2 aliphatic rings. The largest absolute Gasteiger partial charge is 0.444 e. The summed E-state index contributed by atoms with van der Waals surface area (Å²) in [6.45, 7) is 12.5. The van der Waals surface area contributed by atoms with Crippen molar-refractivity contribution < 1.29 is 14.3 Å². The van der Waals surface area contributed by atoms with E-state index < -0.39 is 5.60 Å². The van der Waals surface area contributed by atoms with E-state index in [1.807, 2.05) is 25.7 Å². The van der Waals surface area contributed by atoms with E-state index in [2.05, 4.69) is 12.2 Å². The highest BCUT2D eigenvalue weighted by atomic mass is 16.6. The lowest BCUT2D eigenvalue weighted by Gasteiger charge is -2.35. The lowest BCUT2D eigenvalue weighted by molar-refractivity contribution is 0.0218. The van der Waals surface area contributed by atoms with Crippen molar-refractivity contribution in [2.75, 3.05) is 32.8 Å². The van der Waals surface area contributed by atoms with Crippen LogP contribution in [0.15, 0.2) is 0 Å². The minimum atomic E-state index is -0.418. The van der Waals surface area contributed by atoms with Gasteiger partial charge in [0.25, 0.3) is 0 Å². The Kier molecular flexibility index (Phi) is 6.32. The predicted octanol–water partition coefficient (Wildman–Crippen LogP) is 3.18. The van der Waals surface area contributed by atoms with Crippen molar-refractivity contribution >= 4 is 6.09 Å². The Bertz CT molecular complexity index is 386. The van der Waals surface area contributed by atoms with Gasteiger partial charge in [-0.05, 0) is 58.3 Å². The van der Waals surface area contributed by atoms with Crippen molar-refractivity contribution in [1.29, 1.82) is 0 Å². The maximum atomic E-state index is 12.2. The summed E-state index contributed by atoms with van der Waals surface area (Å²) in [5.74, 6) is 0. The first-order chi connectivity index (χ1) is 10.8. The SMILES string of the molecule is CC1(CNC2CCCN(C(=O)OC(C)(C)C)CC2)CCOCC1. The summed E-state index contributed by atoms with van der Waals surface area (Å²) in [5, 5.41) is 3.75. The first kappa shape index (κ1) is 18.5. The van der Waals surface area contributed by atoms with Crippen LogP contribution >= 0.6 is 0 Å². The van der Waals surface area contributed by atoms with Crippen LogP contribution in [-0.4, -0.2) is 55.5 Å². The maximum Gasteiger partial charge on any atom is 0.410 e. The number of amides is 1. The van der Waals surface area contributed by atoms with Crippen LogP contribution in [0.4, 0.5) is 4.79 Å². The van der Waals surface area contributed by atoms with Crippen molar-refractivity contribution in [2.24, 2.45) is 5.41 Å². The third kappa shape index (κ3) is 6.30. The summed E-state index contributed by atoms with van der Waals surface area (Å²) < 4.78 is 11.0. The van der Waals surface area contributed by atoms with E-state index in [1.54, 1.807) is 0 Å². The van der Waals surface area contributed by atoms with Crippen LogP contribution in [0.3, 0.4) is 0 Å². The second kappa shape index (κ2) is 7.84. The van der Waals surface area contributed by atoms with Gasteiger partial charge in [-0.25, -0.2) is 4.79 Å². The zero-order valence-electron chi connectivity index (χ0n) is 15.3. The van der Waals surface area contributed by atoms with Crippen molar-refractivity contribution in [3.63, 3.8) is 0 Å².